The summed E-state index contributed by atoms with van der Waals surface area (Å²) < 4.78 is 16.1. The van der Waals surface area contributed by atoms with Crippen molar-refractivity contribution in [1.29, 1.82) is 0 Å². The summed E-state index contributed by atoms with van der Waals surface area (Å²) in [6.07, 6.45) is 0. The molecule has 0 N–H and O–H groups in total. The number of nitrogens with zero attached hydrogens (tertiary/aromatic N) is 2. The van der Waals surface area contributed by atoms with Crippen LogP contribution in [0.15, 0.2) is 47.0 Å². The summed E-state index contributed by atoms with van der Waals surface area (Å²) in [5.74, 6) is 1.48. The van der Waals surface area contributed by atoms with Gasteiger partial charge in [0.1, 0.15) is 6.61 Å². The van der Waals surface area contributed by atoms with Crippen molar-refractivity contribution in [3.8, 4) is 22.9 Å². The van der Waals surface area contributed by atoms with E-state index in [0.29, 0.717) is 29.6 Å². The zero-order chi connectivity index (χ0) is 17.8. The van der Waals surface area contributed by atoms with Gasteiger partial charge in [-0.25, -0.2) is 0 Å². The van der Waals surface area contributed by atoms with E-state index in [1.807, 2.05) is 30.3 Å². The Morgan fingerprint density at radius 2 is 1.96 bits per heavy atom. The van der Waals surface area contributed by atoms with Crippen LogP contribution in [-0.2, 0) is 6.61 Å². The van der Waals surface area contributed by atoms with Gasteiger partial charge in [0.2, 0.25) is 11.7 Å². The molecule has 0 unspecified atom stereocenters. The third-order valence-electron chi connectivity index (χ3n) is 3.52. The first-order valence-electron chi connectivity index (χ1n) is 7.47. The Labute approximate surface area is 149 Å². The second-order valence-electron chi connectivity index (χ2n) is 5.23. The average molecular weight is 359 g/mol. The SMILES string of the molecule is COc1cc(-c2noc(C)n2)c(C(=O)Cl)cc1OCc1ccccc1. The molecule has 1 aromatic heterocycles. The van der Waals surface area contributed by atoms with Crippen LogP contribution < -0.4 is 9.47 Å². The lowest BCUT2D eigenvalue weighted by molar-refractivity contribution is 0.108. The first-order chi connectivity index (χ1) is 12.1. The molecule has 0 spiro atoms. The van der Waals surface area contributed by atoms with Crippen molar-refractivity contribution in [2.24, 2.45) is 0 Å². The van der Waals surface area contributed by atoms with Crippen LogP contribution in [0, 0.1) is 6.92 Å². The van der Waals surface area contributed by atoms with Crippen LogP contribution >= 0.6 is 11.6 Å². The van der Waals surface area contributed by atoms with Crippen LogP contribution in [0.4, 0.5) is 0 Å². The minimum atomic E-state index is -0.648. The van der Waals surface area contributed by atoms with Gasteiger partial charge >= 0.3 is 0 Å². The van der Waals surface area contributed by atoms with Crippen LogP contribution in [0.5, 0.6) is 11.5 Å². The number of methoxy groups -OCH3 is 1. The summed E-state index contributed by atoms with van der Waals surface area (Å²) in [4.78, 5) is 16.0. The molecule has 1 heterocycles. The first-order valence-corrected chi connectivity index (χ1v) is 7.85. The summed E-state index contributed by atoms with van der Waals surface area (Å²) in [6, 6.07) is 12.8. The molecule has 2 aromatic carbocycles. The summed E-state index contributed by atoms with van der Waals surface area (Å²) in [5.41, 5.74) is 1.62. The molecule has 0 bridgehead atoms. The second-order valence-corrected chi connectivity index (χ2v) is 5.58. The van der Waals surface area contributed by atoms with Crippen LogP contribution in [-0.4, -0.2) is 22.5 Å². The van der Waals surface area contributed by atoms with Crippen LogP contribution in [0.1, 0.15) is 21.8 Å². The van der Waals surface area contributed by atoms with Crippen molar-refractivity contribution in [3.63, 3.8) is 0 Å². The van der Waals surface area contributed by atoms with E-state index in [4.69, 9.17) is 25.6 Å². The molecule has 0 saturated heterocycles. The average Bonchev–Trinajstić information content (AvgIpc) is 3.06. The highest BCUT2D eigenvalue weighted by Crippen LogP contribution is 2.36. The summed E-state index contributed by atoms with van der Waals surface area (Å²) in [7, 11) is 1.51. The van der Waals surface area contributed by atoms with Gasteiger partial charge in [-0.1, -0.05) is 35.5 Å². The number of rotatable bonds is 6. The highest BCUT2D eigenvalue weighted by Gasteiger charge is 2.20. The Hall–Kier alpha value is -2.86. The molecule has 7 heteroatoms. The van der Waals surface area contributed by atoms with E-state index < -0.39 is 5.24 Å². The first kappa shape index (κ1) is 17.0. The maximum atomic E-state index is 11.9. The molecule has 0 fully saturated rings. The number of carbonyl (C=O) groups excluding carboxylic acids is 1. The Balaban J connectivity index is 1.98. The molecule has 0 radical (unpaired) electrons. The zero-order valence-corrected chi connectivity index (χ0v) is 14.4. The zero-order valence-electron chi connectivity index (χ0n) is 13.7. The monoisotopic (exact) mass is 358 g/mol. The minimum Gasteiger partial charge on any atom is -0.493 e. The Kier molecular flexibility index (Phi) is 5.00. The largest absolute Gasteiger partial charge is 0.493 e. The molecule has 3 rings (SSSR count). The van der Waals surface area contributed by atoms with Gasteiger partial charge in [0.05, 0.1) is 7.11 Å². The fourth-order valence-corrected chi connectivity index (χ4v) is 2.48. The molecular formula is C18H15ClN2O4. The van der Waals surface area contributed by atoms with Gasteiger partial charge < -0.3 is 14.0 Å². The van der Waals surface area contributed by atoms with Crippen LogP contribution in [0.25, 0.3) is 11.4 Å². The normalized spacial score (nSPS) is 10.5. The van der Waals surface area contributed by atoms with Crippen molar-refractivity contribution in [1.82, 2.24) is 10.1 Å². The van der Waals surface area contributed by atoms with Gasteiger partial charge in [0.15, 0.2) is 11.5 Å². The molecule has 6 nitrogen and oxygen atoms in total. The Bertz CT molecular complexity index is 893. The van der Waals surface area contributed by atoms with Crippen LogP contribution in [0.3, 0.4) is 0 Å². The summed E-state index contributed by atoms with van der Waals surface area (Å²) >= 11 is 5.73. The van der Waals surface area contributed by atoms with Crippen LogP contribution in [0.2, 0.25) is 0 Å². The molecule has 0 aliphatic heterocycles. The topological polar surface area (TPSA) is 74.5 Å². The van der Waals surface area contributed by atoms with E-state index in [1.165, 1.54) is 13.2 Å². The molecule has 0 aliphatic carbocycles. The van der Waals surface area contributed by atoms with Gasteiger partial charge in [-0.15, -0.1) is 0 Å². The molecule has 0 atom stereocenters. The van der Waals surface area contributed by atoms with E-state index in [0.717, 1.165) is 5.56 Å². The van der Waals surface area contributed by atoms with E-state index in [9.17, 15) is 4.79 Å². The highest BCUT2D eigenvalue weighted by atomic mass is 35.5. The van der Waals surface area contributed by atoms with Crippen molar-refractivity contribution in [2.45, 2.75) is 13.5 Å². The molecule has 0 saturated carbocycles. The van der Waals surface area contributed by atoms with Gasteiger partial charge in [-0.2, -0.15) is 4.98 Å². The number of ether oxygens (including phenoxy) is 2. The highest BCUT2D eigenvalue weighted by molar-refractivity contribution is 6.68. The molecule has 0 amide bonds. The molecular weight excluding hydrogens is 344 g/mol. The van der Waals surface area contributed by atoms with Crippen molar-refractivity contribution >= 4 is 16.8 Å². The third-order valence-corrected chi connectivity index (χ3v) is 3.72. The lowest BCUT2D eigenvalue weighted by Crippen LogP contribution is -2.02. The lowest BCUT2D eigenvalue weighted by atomic mass is 10.1. The van der Waals surface area contributed by atoms with Gasteiger partial charge in [0.25, 0.3) is 5.24 Å². The predicted octanol–water partition coefficient (Wildman–Crippen LogP) is 4.01. The van der Waals surface area contributed by atoms with E-state index >= 15 is 0 Å². The molecule has 128 valence electrons. The van der Waals surface area contributed by atoms with Gasteiger partial charge in [0, 0.05) is 18.1 Å². The maximum absolute atomic E-state index is 11.9. The predicted molar refractivity (Wildman–Crippen MR) is 92.0 cm³/mol. The standard InChI is InChI=1S/C18H15ClN2O4/c1-11-20-18(21-25-11)14-9-15(23-2)16(8-13(14)17(19)22)24-10-12-6-4-3-5-7-12/h3-9H,10H2,1-2H3. The Morgan fingerprint density at radius 3 is 2.56 bits per heavy atom. The minimum absolute atomic E-state index is 0.214. The number of halogens is 1. The van der Waals surface area contributed by atoms with Crippen molar-refractivity contribution in [2.75, 3.05) is 7.11 Å². The number of carbonyl (C=O) groups is 1. The van der Waals surface area contributed by atoms with Crippen molar-refractivity contribution < 1.29 is 18.8 Å². The van der Waals surface area contributed by atoms with Gasteiger partial charge in [-0.05, 0) is 29.3 Å². The lowest BCUT2D eigenvalue weighted by Gasteiger charge is -2.13. The quantitative estimate of drug-likeness (QED) is 0.620. The number of hydrogen-bond acceptors (Lipinski definition) is 6. The number of benzene rings is 2. The van der Waals surface area contributed by atoms with E-state index in [2.05, 4.69) is 10.1 Å². The Morgan fingerprint density at radius 1 is 1.20 bits per heavy atom. The van der Waals surface area contributed by atoms with Crippen molar-refractivity contribution in [3.05, 3.63) is 59.5 Å². The summed E-state index contributed by atoms with van der Waals surface area (Å²) in [5, 5.41) is 3.19. The third kappa shape index (κ3) is 3.80. The molecule has 3 aromatic rings. The van der Waals surface area contributed by atoms with E-state index in [-0.39, 0.29) is 11.4 Å². The smallest absolute Gasteiger partial charge is 0.253 e. The van der Waals surface area contributed by atoms with E-state index in [1.54, 1.807) is 13.0 Å². The van der Waals surface area contributed by atoms with Gasteiger partial charge in [-0.3, -0.25) is 4.79 Å². The number of hydrogen-bond donors (Lipinski definition) is 0. The molecule has 25 heavy (non-hydrogen) atoms. The molecule has 0 aliphatic rings. The number of aryl methyl sites for hydroxylation is 1. The maximum Gasteiger partial charge on any atom is 0.253 e. The number of aromatic nitrogens is 2. The fraction of sp³-hybridized carbons (Fsp3) is 0.167. The second kappa shape index (κ2) is 7.36. The summed E-state index contributed by atoms with van der Waals surface area (Å²) in [6.45, 7) is 1.99. The fourth-order valence-electron chi connectivity index (χ4n) is 2.32.